The predicted octanol–water partition coefficient (Wildman–Crippen LogP) is 3.83. The number of nitrogens with zero attached hydrogens (tertiary/aromatic N) is 3. The van der Waals surface area contributed by atoms with Crippen LogP contribution >= 0.6 is 0 Å². The summed E-state index contributed by atoms with van der Waals surface area (Å²) < 4.78 is 1.71. The molecule has 2 aromatic carbocycles. The molecule has 4 aromatic rings. The van der Waals surface area contributed by atoms with E-state index >= 15 is 0 Å². The zero-order chi connectivity index (χ0) is 20.8. The zero-order valence-electron chi connectivity index (χ0n) is 16.0. The molecular weight excluding hydrogens is 378 g/mol. The van der Waals surface area contributed by atoms with Crippen molar-refractivity contribution >= 4 is 23.3 Å². The van der Waals surface area contributed by atoms with E-state index in [-0.39, 0.29) is 11.8 Å². The Balaban J connectivity index is 1.35. The van der Waals surface area contributed by atoms with Gasteiger partial charge in [-0.3, -0.25) is 19.3 Å². The van der Waals surface area contributed by atoms with Gasteiger partial charge in [-0.05, 0) is 48.5 Å². The molecule has 0 aliphatic rings. The molecule has 0 saturated carbocycles. The highest BCUT2D eigenvalue weighted by atomic mass is 16.2. The van der Waals surface area contributed by atoms with E-state index in [2.05, 4.69) is 20.7 Å². The van der Waals surface area contributed by atoms with E-state index in [0.717, 1.165) is 5.69 Å². The molecule has 2 N–H and O–H groups in total. The number of rotatable bonds is 6. The Morgan fingerprint density at radius 2 is 1.47 bits per heavy atom. The molecule has 0 radical (unpaired) electrons. The number of pyridine rings is 1. The van der Waals surface area contributed by atoms with Gasteiger partial charge < -0.3 is 10.6 Å². The molecule has 148 valence electrons. The first-order valence-electron chi connectivity index (χ1n) is 9.38. The lowest BCUT2D eigenvalue weighted by atomic mass is 10.1. The van der Waals surface area contributed by atoms with Gasteiger partial charge in [-0.15, -0.1) is 0 Å². The van der Waals surface area contributed by atoms with Crippen molar-refractivity contribution in [2.75, 3.05) is 10.6 Å². The summed E-state index contributed by atoms with van der Waals surface area (Å²) >= 11 is 0. The fraction of sp³-hybridized carbons (Fsp3) is 0.0435. The van der Waals surface area contributed by atoms with Gasteiger partial charge in [0.25, 0.3) is 11.8 Å². The molecule has 0 unspecified atom stereocenters. The molecule has 0 saturated heterocycles. The van der Waals surface area contributed by atoms with Gasteiger partial charge in [0.1, 0.15) is 0 Å². The van der Waals surface area contributed by atoms with Gasteiger partial charge in [0, 0.05) is 35.3 Å². The van der Waals surface area contributed by atoms with E-state index in [9.17, 15) is 9.59 Å². The van der Waals surface area contributed by atoms with Crippen LogP contribution in [0, 0.1) is 0 Å². The van der Waals surface area contributed by atoms with Crippen LogP contribution in [0.5, 0.6) is 0 Å². The summed E-state index contributed by atoms with van der Waals surface area (Å²) in [6.07, 6.45) is 3.51. The molecule has 0 aliphatic heterocycles. The SMILES string of the molecule is O=C(Nc1ccc(C(=O)Nc2ccn(Cc3ccccn3)n2)cc1)c1ccccc1. The minimum Gasteiger partial charge on any atom is -0.322 e. The highest BCUT2D eigenvalue weighted by molar-refractivity contribution is 6.06. The van der Waals surface area contributed by atoms with Crippen LogP contribution in [0.4, 0.5) is 11.5 Å². The van der Waals surface area contributed by atoms with Crippen LogP contribution in [0.25, 0.3) is 0 Å². The molecule has 0 aliphatic carbocycles. The van der Waals surface area contributed by atoms with Crippen molar-refractivity contribution in [3.05, 3.63) is 108 Å². The molecule has 0 spiro atoms. The normalized spacial score (nSPS) is 10.4. The van der Waals surface area contributed by atoms with Gasteiger partial charge in [-0.1, -0.05) is 24.3 Å². The van der Waals surface area contributed by atoms with Crippen molar-refractivity contribution in [2.24, 2.45) is 0 Å². The number of hydrogen-bond donors (Lipinski definition) is 2. The maximum Gasteiger partial charge on any atom is 0.256 e. The maximum atomic E-state index is 12.5. The molecular formula is C23H19N5O2. The lowest BCUT2D eigenvalue weighted by molar-refractivity contribution is 0.101. The smallest absolute Gasteiger partial charge is 0.256 e. The van der Waals surface area contributed by atoms with Crippen molar-refractivity contribution in [1.82, 2.24) is 14.8 Å². The lowest BCUT2D eigenvalue weighted by Crippen LogP contribution is -2.14. The van der Waals surface area contributed by atoms with Crippen LogP contribution < -0.4 is 10.6 Å². The minimum absolute atomic E-state index is 0.203. The Hall–Kier alpha value is -4.26. The number of aromatic nitrogens is 3. The van der Waals surface area contributed by atoms with Crippen molar-refractivity contribution in [2.45, 2.75) is 6.54 Å². The standard InChI is InChI=1S/C23H19N5O2/c29-22(17-6-2-1-3-7-17)25-19-11-9-18(10-12-19)23(30)26-21-13-15-28(27-21)16-20-8-4-5-14-24-20/h1-15H,16H2,(H,25,29)(H,26,27,30). The first kappa shape index (κ1) is 19.1. The zero-order valence-corrected chi connectivity index (χ0v) is 16.0. The molecule has 2 amide bonds. The quantitative estimate of drug-likeness (QED) is 0.517. The molecule has 0 atom stereocenters. The molecule has 30 heavy (non-hydrogen) atoms. The van der Waals surface area contributed by atoms with Crippen LogP contribution in [-0.4, -0.2) is 26.6 Å². The van der Waals surface area contributed by atoms with Crippen molar-refractivity contribution in [1.29, 1.82) is 0 Å². The number of carbonyl (C=O) groups excluding carboxylic acids is 2. The molecule has 7 heteroatoms. The third-order valence-corrected chi connectivity index (χ3v) is 4.37. The second-order valence-corrected chi connectivity index (χ2v) is 6.57. The van der Waals surface area contributed by atoms with Gasteiger partial charge in [0.2, 0.25) is 0 Å². The molecule has 0 bridgehead atoms. The summed E-state index contributed by atoms with van der Waals surface area (Å²) in [5, 5.41) is 9.93. The Morgan fingerprint density at radius 3 is 2.20 bits per heavy atom. The fourth-order valence-electron chi connectivity index (χ4n) is 2.86. The van der Waals surface area contributed by atoms with E-state index in [1.165, 1.54) is 0 Å². The molecule has 4 rings (SSSR count). The highest BCUT2D eigenvalue weighted by Gasteiger charge is 2.10. The Morgan fingerprint density at radius 1 is 0.767 bits per heavy atom. The molecule has 7 nitrogen and oxygen atoms in total. The van der Waals surface area contributed by atoms with E-state index in [1.807, 2.05) is 24.3 Å². The first-order valence-corrected chi connectivity index (χ1v) is 9.38. The number of anilines is 2. The Kier molecular flexibility index (Phi) is 5.61. The summed E-state index contributed by atoms with van der Waals surface area (Å²) in [4.78, 5) is 28.9. The highest BCUT2D eigenvalue weighted by Crippen LogP contribution is 2.13. The monoisotopic (exact) mass is 397 g/mol. The second-order valence-electron chi connectivity index (χ2n) is 6.57. The second kappa shape index (κ2) is 8.83. The topological polar surface area (TPSA) is 88.9 Å². The maximum absolute atomic E-state index is 12.5. The first-order chi connectivity index (χ1) is 14.7. The van der Waals surface area contributed by atoms with Crippen LogP contribution in [0.2, 0.25) is 0 Å². The van der Waals surface area contributed by atoms with E-state index < -0.39 is 0 Å². The lowest BCUT2D eigenvalue weighted by Gasteiger charge is -2.07. The van der Waals surface area contributed by atoms with Crippen LogP contribution in [0.15, 0.2) is 91.3 Å². The molecule has 2 aromatic heterocycles. The van der Waals surface area contributed by atoms with Crippen molar-refractivity contribution < 1.29 is 9.59 Å². The molecule has 0 fully saturated rings. The van der Waals surface area contributed by atoms with Crippen LogP contribution in [0.3, 0.4) is 0 Å². The largest absolute Gasteiger partial charge is 0.322 e. The van der Waals surface area contributed by atoms with E-state index in [1.54, 1.807) is 71.7 Å². The van der Waals surface area contributed by atoms with Gasteiger partial charge >= 0.3 is 0 Å². The van der Waals surface area contributed by atoms with Gasteiger partial charge in [-0.2, -0.15) is 5.10 Å². The number of carbonyl (C=O) groups is 2. The summed E-state index contributed by atoms with van der Waals surface area (Å²) in [6.45, 7) is 0.520. The third kappa shape index (κ3) is 4.77. The van der Waals surface area contributed by atoms with Gasteiger partial charge in [0.15, 0.2) is 5.82 Å². The summed E-state index contributed by atoms with van der Waals surface area (Å²) in [5.74, 6) is -0.0253. The number of nitrogens with one attached hydrogen (secondary N) is 2. The van der Waals surface area contributed by atoms with Crippen LogP contribution in [0.1, 0.15) is 26.4 Å². The summed E-state index contributed by atoms with van der Waals surface area (Å²) in [5.41, 5.74) is 2.53. The minimum atomic E-state index is -0.279. The third-order valence-electron chi connectivity index (χ3n) is 4.37. The van der Waals surface area contributed by atoms with Gasteiger partial charge in [0.05, 0.1) is 12.2 Å². The van der Waals surface area contributed by atoms with Crippen LogP contribution in [-0.2, 0) is 6.54 Å². The number of amides is 2. The number of hydrogen-bond acceptors (Lipinski definition) is 4. The van der Waals surface area contributed by atoms with Gasteiger partial charge in [-0.25, -0.2) is 0 Å². The molecule has 2 heterocycles. The predicted molar refractivity (Wildman–Crippen MR) is 114 cm³/mol. The van der Waals surface area contributed by atoms with E-state index in [4.69, 9.17) is 0 Å². The van der Waals surface area contributed by atoms with Crippen molar-refractivity contribution in [3.63, 3.8) is 0 Å². The average molecular weight is 397 g/mol. The summed E-state index contributed by atoms with van der Waals surface area (Å²) in [6, 6.07) is 23.1. The summed E-state index contributed by atoms with van der Waals surface area (Å²) in [7, 11) is 0. The van der Waals surface area contributed by atoms with E-state index in [0.29, 0.717) is 29.2 Å². The average Bonchev–Trinajstić information content (AvgIpc) is 3.22. The Labute approximate surface area is 173 Å². The Bertz CT molecular complexity index is 1140. The number of benzene rings is 2. The fourth-order valence-corrected chi connectivity index (χ4v) is 2.86. The van der Waals surface area contributed by atoms with Crippen molar-refractivity contribution in [3.8, 4) is 0 Å².